The van der Waals surface area contributed by atoms with Crippen LogP contribution in [0.4, 0.5) is 0 Å². The highest BCUT2D eigenvalue weighted by Gasteiger charge is 2.29. The summed E-state index contributed by atoms with van der Waals surface area (Å²) in [4.78, 5) is 16.5. The molecule has 0 aromatic carbocycles. The smallest absolute Gasteiger partial charge is 0.239 e. The van der Waals surface area contributed by atoms with Crippen molar-refractivity contribution < 1.29 is 9.53 Å². The molecule has 2 N–H and O–H groups in total. The highest BCUT2D eigenvalue weighted by Crippen LogP contribution is 2.19. The van der Waals surface area contributed by atoms with Crippen LogP contribution in [0.15, 0.2) is 0 Å². The predicted octanol–water partition coefficient (Wildman–Crippen LogP) is 0.890. The van der Waals surface area contributed by atoms with Crippen molar-refractivity contribution in [2.45, 2.75) is 38.3 Å². The maximum absolute atomic E-state index is 12.1. The van der Waals surface area contributed by atoms with Gasteiger partial charge in [-0.25, -0.2) is 0 Å². The van der Waals surface area contributed by atoms with E-state index >= 15 is 0 Å². The van der Waals surface area contributed by atoms with E-state index in [0.717, 1.165) is 52.2 Å². The van der Waals surface area contributed by atoms with Crippen LogP contribution in [0, 0.1) is 0 Å². The largest absolute Gasteiger partial charge is 0.379 e. The summed E-state index contributed by atoms with van der Waals surface area (Å²) in [7, 11) is 0. The minimum absolute atomic E-state index is 0. The number of hydrogen-bond donors (Lipinski definition) is 1. The van der Waals surface area contributed by atoms with Gasteiger partial charge in [0.15, 0.2) is 0 Å². The first-order valence-electron chi connectivity index (χ1n) is 7.04. The molecule has 1 unspecified atom stereocenters. The Kier molecular flexibility index (Phi) is 9.76. The topological polar surface area (TPSA) is 58.8 Å². The summed E-state index contributed by atoms with van der Waals surface area (Å²) in [5, 5.41) is 0. The molecule has 0 aromatic rings. The molecule has 2 saturated heterocycles. The molecular weight excluding hydrogens is 301 g/mol. The van der Waals surface area contributed by atoms with Crippen LogP contribution in [0.3, 0.4) is 0 Å². The third-order valence-electron chi connectivity index (χ3n) is 3.87. The zero-order valence-electron chi connectivity index (χ0n) is 12.1. The lowest BCUT2D eigenvalue weighted by atomic mass is 10.0. The number of carbonyl (C=O) groups excluding carboxylic acids is 1. The van der Waals surface area contributed by atoms with Crippen LogP contribution in [0.25, 0.3) is 0 Å². The Hall–Kier alpha value is -0.0700. The van der Waals surface area contributed by atoms with Crippen LogP contribution in [-0.2, 0) is 9.53 Å². The quantitative estimate of drug-likeness (QED) is 0.836. The van der Waals surface area contributed by atoms with E-state index in [-0.39, 0.29) is 36.8 Å². The number of morpholine rings is 1. The number of amides is 1. The van der Waals surface area contributed by atoms with E-state index in [1.165, 1.54) is 6.42 Å². The molecule has 0 radical (unpaired) electrons. The molecule has 2 atom stereocenters. The molecule has 2 rings (SSSR count). The minimum atomic E-state index is -0.379. The van der Waals surface area contributed by atoms with Gasteiger partial charge in [0.1, 0.15) is 0 Å². The van der Waals surface area contributed by atoms with Crippen molar-refractivity contribution in [2.24, 2.45) is 5.73 Å². The monoisotopic (exact) mass is 327 g/mol. The van der Waals surface area contributed by atoms with Crippen LogP contribution in [0.1, 0.15) is 26.2 Å². The Balaban J connectivity index is 0.00000180. The summed E-state index contributed by atoms with van der Waals surface area (Å²) in [6.45, 7) is 7.22. The predicted molar refractivity (Wildman–Crippen MR) is 84.8 cm³/mol. The molecule has 120 valence electrons. The third kappa shape index (κ3) is 5.37. The second-order valence-electron chi connectivity index (χ2n) is 5.38. The summed E-state index contributed by atoms with van der Waals surface area (Å²) in [5.41, 5.74) is 5.74. The molecule has 7 heteroatoms. The van der Waals surface area contributed by atoms with Crippen molar-refractivity contribution in [1.82, 2.24) is 9.80 Å². The number of piperidine rings is 1. The Labute approximate surface area is 134 Å². The number of nitrogens with two attached hydrogens (primary N) is 1. The van der Waals surface area contributed by atoms with Gasteiger partial charge in [0.05, 0.1) is 19.3 Å². The van der Waals surface area contributed by atoms with Gasteiger partial charge in [-0.2, -0.15) is 0 Å². The molecule has 5 nitrogen and oxygen atoms in total. The van der Waals surface area contributed by atoms with Gasteiger partial charge in [0.25, 0.3) is 0 Å². The van der Waals surface area contributed by atoms with Gasteiger partial charge in [0.2, 0.25) is 5.91 Å². The summed E-state index contributed by atoms with van der Waals surface area (Å²) < 4.78 is 5.36. The fourth-order valence-electron chi connectivity index (χ4n) is 2.82. The van der Waals surface area contributed by atoms with Crippen molar-refractivity contribution >= 4 is 30.7 Å². The SMILES string of the molecule is C[C@@H](N)C(=O)N1CCCCC1CN1CCOCC1.Cl.Cl. The Morgan fingerprint density at radius 3 is 2.50 bits per heavy atom. The van der Waals surface area contributed by atoms with E-state index in [1.54, 1.807) is 6.92 Å². The van der Waals surface area contributed by atoms with Crippen molar-refractivity contribution in [2.75, 3.05) is 39.4 Å². The van der Waals surface area contributed by atoms with E-state index in [0.29, 0.717) is 6.04 Å². The second kappa shape index (κ2) is 9.79. The molecule has 0 bridgehead atoms. The van der Waals surface area contributed by atoms with E-state index < -0.39 is 0 Å². The van der Waals surface area contributed by atoms with Gasteiger partial charge in [-0.05, 0) is 26.2 Å². The fourth-order valence-corrected chi connectivity index (χ4v) is 2.82. The fraction of sp³-hybridized carbons (Fsp3) is 0.923. The molecule has 0 spiro atoms. The minimum Gasteiger partial charge on any atom is -0.379 e. The zero-order chi connectivity index (χ0) is 13.0. The number of rotatable bonds is 3. The lowest BCUT2D eigenvalue weighted by Gasteiger charge is -2.40. The molecule has 1 amide bonds. The van der Waals surface area contributed by atoms with Gasteiger partial charge in [-0.1, -0.05) is 0 Å². The lowest BCUT2D eigenvalue weighted by molar-refractivity contribution is -0.136. The number of nitrogens with zero attached hydrogens (tertiary/aromatic N) is 2. The van der Waals surface area contributed by atoms with Gasteiger partial charge in [0, 0.05) is 32.2 Å². The van der Waals surface area contributed by atoms with E-state index in [1.807, 2.05) is 4.90 Å². The average Bonchev–Trinajstić information content (AvgIpc) is 2.39. The average molecular weight is 328 g/mol. The summed E-state index contributed by atoms with van der Waals surface area (Å²) in [6.07, 6.45) is 3.44. The van der Waals surface area contributed by atoms with Gasteiger partial charge >= 0.3 is 0 Å². The number of ether oxygens (including phenoxy) is 1. The zero-order valence-corrected chi connectivity index (χ0v) is 13.8. The Morgan fingerprint density at radius 1 is 1.25 bits per heavy atom. The molecular formula is C13H27Cl2N3O2. The standard InChI is InChI=1S/C13H25N3O2.2ClH/c1-11(14)13(17)16-5-3-2-4-12(16)10-15-6-8-18-9-7-15;;/h11-12H,2-10,14H2,1H3;2*1H/t11-,12?;;/m1../s1. The number of likely N-dealkylation sites (tertiary alicyclic amines) is 1. The molecule has 0 aromatic heterocycles. The van der Waals surface area contributed by atoms with Crippen molar-refractivity contribution in [3.63, 3.8) is 0 Å². The summed E-state index contributed by atoms with van der Waals surface area (Å²) >= 11 is 0. The van der Waals surface area contributed by atoms with Gasteiger partial charge in [-0.3, -0.25) is 9.69 Å². The Morgan fingerprint density at radius 2 is 1.90 bits per heavy atom. The molecule has 0 aliphatic carbocycles. The van der Waals surface area contributed by atoms with Crippen molar-refractivity contribution in [3.8, 4) is 0 Å². The van der Waals surface area contributed by atoms with Gasteiger partial charge < -0.3 is 15.4 Å². The van der Waals surface area contributed by atoms with Crippen LogP contribution < -0.4 is 5.73 Å². The molecule has 2 aliphatic heterocycles. The van der Waals surface area contributed by atoms with E-state index in [4.69, 9.17) is 10.5 Å². The van der Waals surface area contributed by atoms with Crippen LogP contribution in [-0.4, -0.2) is 67.2 Å². The number of carbonyl (C=O) groups is 1. The number of hydrogen-bond acceptors (Lipinski definition) is 4. The maximum Gasteiger partial charge on any atom is 0.239 e. The highest BCUT2D eigenvalue weighted by molar-refractivity contribution is 5.85. The van der Waals surface area contributed by atoms with Crippen molar-refractivity contribution in [1.29, 1.82) is 0 Å². The van der Waals surface area contributed by atoms with E-state index in [9.17, 15) is 4.79 Å². The van der Waals surface area contributed by atoms with Crippen LogP contribution in [0.5, 0.6) is 0 Å². The normalized spacial score (nSPS) is 25.3. The molecule has 2 aliphatic rings. The molecule has 20 heavy (non-hydrogen) atoms. The first-order valence-corrected chi connectivity index (χ1v) is 7.04. The first-order chi connectivity index (χ1) is 8.68. The van der Waals surface area contributed by atoms with Crippen LogP contribution in [0.2, 0.25) is 0 Å². The van der Waals surface area contributed by atoms with Crippen LogP contribution >= 0.6 is 24.8 Å². The number of halogens is 2. The molecule has 2 heterocycles. The summed E-state index contributed by atoms with van der Waals surface area (Å²) in [6, 6.07) is -0.0364. The first kappa shape index (κ1) is 19.9. The molecule has 0 saturated carbocycles. The lowest BCUT2D eigenvalue weighted by Crippen LogP contribution is -2.54. The molecule has 2 fully saturated rings. The summed E-state index contributed by atoms with van der Waals surface area (Å²) in [5.74, 6) is 0.105. The highest BCUT2D eigenvalue weighted by atomic mass is 35.5. The maximum atomic E-state index is 12.1. The van der Waals surface area contributed by atoms with Gasteiger partial charge in [-0.15, -0.1) is 24.8 Å². The third-order valence-corrected chi connectivity index (χ3v) is 3.87. The van der Waals surface area contributed by atoms with E-state index in [2.05, 4.69) is 4.90 Å². The van der Waals surface area contributed by atoms with Crippen molar-refractivity contribution in [3.05, 3.63) is 0 Å². The second-order valence-corrected chi connectivity index (χ2v) is 5.38. The Bertz CT molecular complexity index is 287.